The van der Waals surface area contributed by atoms with Crippen LogP contribution in [0.1, 0.15) is 32.6 Å². The van der Waals surface area contributed by atoms with Crippen molar-refractivity contribution in [2.24, 2.45) is 0 Å². The molecule has 2 aromatic rings. The SMILES string of the molecule is CCCCCCSc1nc2ccccc2o1. The van der Waals surface area contributed by atoms with Crippen LogP contribution < -0.4 is 0 Å². The number of hydrogen-bond donors (Lipinski definition) is 0. The Morgan fingerprint density at radius 2 is 2.06 bits per heavy atom. The third-order valence-corrected chi connectivity index (χ3v) is 3.41. The molecule has 1 heterocycles. The van der Waals surface area contributed by atoms with E-state index < -0.39 is 0 Å². The second-order valence-corrected chi connectivity index (χ2v) is 4.90. The topological polar surface area (TPSA) is 26.0 Å². The monoisotopic (exact) mass is 235 g/mol. The lowest BCUT2D eigenvalue weighted by Crippen LogP contribution is -1.80. The molecule has 1 aromatic carbocycles. The van der Waals surface area contributed by atoms with Crippen LogP contribution in [0.4, 0.5) is 0 Å². The summed E-state index contributed by atoms with van der Waals surface area (Å²) in [4.78, 5) is 4.43. The zero-order chi connectivity index (χ0) is 11.2. The molecule has 0 aliphatic heterocycles. The van der Waals surface area contributed by atoms with Crippen LogP contribution in [0.3, 0.4) is 0 Å². The van der Waals surface area contributed by atoms with Gasteiger partial charge in [0, 0.05) is 5.75 Å². The molecule has 0 saturated carbocycles. The molecule has 0 fully saturated rings. The highest BCUT2D eigenvalue weighted by atomic mass is 32.2. The fraction of sp³-hybridized carbons (Fsp3) is 0.462. The average Bonchev–Trinajstić information content (AvgIpc) is 2.71. The summed E-state index contributed by atoms with van der Waals surface area (Å²) in [7, 11) is 0. The van der Waals surface area contributed by atoms with Crippen molar-refractivity contribution in [3.8, 4) is 0 Å². The van der Waals surface area contributed by atoms with Gasteiger partial charge in [-0.15, -0.1) is 0 Å². The third kappa shape index (κ3) is 3.01. The van der Waals surface area contributed by atoms with Crippen LogP contribution in [-0.4, -0.2) is 10.7 Å². The Kier molecular flexibility index (Phi) is 4.28. The largest absolute Gasteiger partial charge is 0.431 e. The van der Waals surface area contributed by atoms with Crippen LogP contribution in [0, 0.1) is 0 Å². The van der Waals surface area contributed by atoms with E-state index in [1.165, 1.54) is 25.7 Å². The number of oxazole rings is 1. The summed E-state index contributed by atoms with van der Waals surface area (Å²) in [5, 5.41) is 0.803. The lowest BCUT2D eigenvalue weighted by molar-refractivity contribution is 0.489. The van der Waals surface area contributed by atoms with Crippen LogP contribution in [0.15, 0.2) is 33.9 Å². The number of para-hydroxylation sites is 2. The highest BCUT2D eigenvalue weighted by Crippen LogP contribution is 2.23. The van der Waals surface area contributed by atoms with Crippen molar-refractivity contribution in [3.63, 3.8) is 0 Å². The van der Waals surface area contributed by atoms with Crippen molar-refractivity contribution >= 4 is 22.9 Å². The van der Waals surface area contributed by atoms with Crippen molar-refractivity contribution < 1.29 is 4.42 Å². The minimum absolute atomic E-state index is 0.803. The number of thioether (sulfide) groups is 1. The van der Waals surface area contributed by atoms with Gasteiger partial charge in [0.15, 0.2) is 5.58 Å². The molecule has 0 saturated heterocycles. The Morgan fingerprint density at radius 3 is 2.88 bits per heavy atom. The molecule has 0 unspecified atom stereocenters. The zero-order valence-corrected chi connectivity index (χ0v) is 10.4. The fourth-order valence-electron chi connectivity index (χ4n) is 1.60. The van der Waals surface area contributed by atoms with E-state index in [0.29, 0.717) is 0 Å². The van der Waals surface area contributed by atoms with Gasteiger partial charge in [-0.3, -0.25) is 0 Å². The summed E-state index contributed by atoms with van der Waals surface area (Å²) < 4.78 is 5.63. The van der Waals surface area contributed by atoms with Gasteiger partial charge < -0.3 is 4.42 Å². The molecule has 0 amide bonds. The number of rotatable bonds is 6. The van der Waals surface area contributed by atoms with Crippen LogP contribution in [-0.2, 0) is 0 Å². The number of benzene rings is 1. The van der Waals surface area contributed by atoms with E-state index in [9.17, 15) is 0 Å². The van der Waals surface area contributed by atoms with Gasteiger partial charge in [-0.2, -0.15) is 0 Å². The highest BCUT2D eigenvalue weighted by molar-refractivity contribution is 7.99. The quantitative estimate of drug-likeness (QED) is 0.544. The number of fused-ring (bicyclic) bond motifs is 1. The van der Waals surface area contributed by atoms with Crippen molar-refractivity contribution in [2.75, 3.05) is 5.75 Å². The summed E-state index contributed by atoms with van der Waals surface area (Å²) in [6, 6.07) is 7.91. The van der Waals surface area contributed by atoms with Gasteiger partial charge in [0.1, 0.15) is 5.52 Å². The normalized spacial score (nSPS) is 11.1. The van der Waals surface area contributed by atoms with Crippen molar-refractivity contribution in [1.29, 1.82) is 0 Å². The summed E-state index contributed by atoms with van der Waals surface area (Å²) >= 11 is 1.72. The first-order valence-electron chi connectivity index (χ1n) is 5.88. The van der Waals surface area contributed by atoms with Gasteiger partial charge in [0.05, 0.1) is 0 Å². The van der Waals surface area contributed by atoms with E-state index in [2.05, 4.69) is 11.9 Å². The molecular formula is C13H17NOS. The Bertz CT molecular complexity index is 405. The Hall–Kier alpha value is -0.960. The number of nitrogens with zero attached hydrogens (tertiary/aromatic N) is 1. The van der Waals surface area contributed by atoms with Crippen molar-refractivity contribution in [3.05, 3.63) is 24.3 Å². The maximum Gasteiger partial charge on any atom is 0.256 e. The second-order valence-electron chi connectivity index (χ2n) is 3.86. The van der Waals surface area contributed by atoms with Gasteiger partial charge >= 0.3 is 0 Å². The minimum atomic E-state index is 0.803. The average molecular weight is 235 g/mol. The lowest BCUT2D eigenvalue weighted by atomic mass is 10.2. The maximum absolute atomic E-state index is 5.63. The molecule has 3 heteroatoms. The summed E-state index contributed by atoms with van der Waals surface area (Å²) in [6.45, 7) is 2.23. The van der Waals surface area contributed by atoms with Crippen LogP contribution >= 0.6 is 11.8 Å². The molecule has 1 aromatic heterocycles. The second kappa shape index (κ2) is 5.94. The van der Waals surface area contributed by atoms with Gasteiger partial charge in [-0.25, -0.2) is 4.98 Å². The lowest BCUT2D eigenvalue weighted by Gasteiger charge is -1.96. The Balaban J connectivity index is 1.85. The van der Waals surface area contributed by atoms with E-state index in [1.807, 2.05) is 24.3 Å². The number of aromatic nitrogens is 1. The molecule has 2 rings (SSSR count). The molecule has 0 N–H and O–H groups in total. The first-order valence-corrected chi connectivity index (χ1v) is 6.87. The number of unbranched alkanes of at least 4 members (excludes halogenated alkanes) is 3. The molecule has 86 valence electrons. The Morgan fingerprint density at radius 1 is 1.19 bits per heavy atom. The van der Waals surface area contributed by atoms with Gasteiger partial charge in [0.25, 0.3) is 5.22 Å². The Labute approximate surface area is 100 Å². The van der Waals surface area contributed by atoms with Crippen LogP contribution in [0.5, 0.6) is 0 Å². The molecule has 16 heavy (non-hydrogen) atoms. The van der Waals surface area contributed by atoms with E-state index >= 15 is 0 Å². The third-order valence-electron chi connectivity index (χ3n) is 2.50. The summed E-state index contributed by atoms with van der Waals surface area (Å²) in [5.41, 5.74) is 1.84. The molecule has 2 nitrogen and oxygen atoms in total. The minimum Gasteiger partial charge on any atom is -0.431 e. The highest BCUT2D eigenvalue weighted by Gasteiger charge is 2.04. The molecule has 0 spiro atoms. The smallest absolute Gasteiger partial charge is 0.256 e. The van der Waals surface area contributed by atoms with Crippen molar-refractivity contribution in [1.82, 2.24) is 4.98 Å². The van der Waals surface area contributed by atoms with Gasteiger partial charge in [-0.1, -0.05) is 50.1 Å². The van der Waals surface area contributed by atoms with Gasteiger partial charge in [-0.05, 0) is 18.6 Å². The predicted octanol–water partition coefficient (Wildman–Crippen LogP) is 4.50. The zero-order valence-electron chi connectivity index (χ0n) is 9.61. The van der Waals surface area contributed by atoms with E-state index in [4.69, 9.17) is 4.42 Å². The van der Waals surface area contributed by atoms with Crippen LogP contribution in [0.2, 0.25) is 0 Å². The van der Waals surface area contributed by atoms with E-state index in [1.54, 1.807) is 11.8 Å². The van der Waals surface area contributed by atoms with Gasteiger partial charge in [0.2, 0.25) is 0 Å². The predicted molar refractivity (Wildman–Crippen MR) is 68.9 cm³/mol. The fourth-order valence-corrected chi connectivity index (χ4v) is 2.44. The van der Waals surface area contributed by atoms with Crippen molar-refractivity contribution in [2.45, 2.75) is 37.8 Å². The molecular weight excluding hydrogens is 218 g/mol. The molecule has 0 aliphatic carbocycles. The maximum atomic E-state index is 5.63. The molecule has 0 radical (unpaired) electrons. The first kappa shape index (κ1) is 11.5. The molecule has 0 aliphatic rings. The summed E-state index contributed by atoms with van der Waals surface area (Å²) in [5.74, 6) is 1.10. The summed E-state index contributed by atoms with van der Waals surface area (Å²) in [6.07, 6.45) is 5.17. The van der Waals surface area contributed by atoms with Crippen LogP contribution in [0.25, 0.3) is 11.1 Å². The molecule has 0 atom stereocenters. The van der Waals surface area contributed by atoms with E-state index in [0.717, 1.165) is 22.1 Å². The standard InChI is InChI=1S/C13H17NOS/c1-2-3-4-7-10-16-13-14-11-8-5-6-9-12(11)15-13/h5-6,8-9H,2-4,7,10H2,1H3. The molecule has 0 bridgehead atoms. The van der Waals surface area contributed by atoms with E-state index in [-0.39, 0.29) is 0 Å². The number of hydrogen-bond acceptors (Lipinski definition) is 3. The first-order chi connectivity index (χ1) is 7.90.